The summed E-state index contributed by atoms with van der Waals surface area (Å²) in [7, 11) is 1.63. The van der Waals surface area contributed by atoms with Gasteiger partial charge < -0.3 is 25.0 Å². The molecule has 0 aromatic heterocycles. The Morgan fingerprint density at radius 2 is 1.79 bits per heavy atom. The number of hydrogen-bond donors (Lipinski definition) is 1. The number of nitrogens with zero attached hydrogens (tertiary/aromatic N) is 2. The molecule has 132 valence electrons. The Morgan fingerprint density at radius 3 is 2.33 bits per heavy atom. The van der Waals surface area contributed by atoms with E-state index in [1.165, 1.54) is 0 Å². The third-order valence-corrected chi connectivity index (χ3v) is 4.72. The quantitative estimate of drug-likeness (QED) is 0.843. The summed E-state index contributed by atoms with van der Waals surface area (Å²) in [4.78, 5) is 16.4. The molecule has 2 N–H and O–H groups in total. The summed E-state index contributed by atoms with van der Waals surface area (Å²) in [5.74, 6) is 1.68. The fraction of sp³-hybridized carbons (Fsp3) is 0.611. The monoisotopic (exact) mass is 333 g/mol. The molecule has 2 heterocycles. The second kappa shape index (κ2) is 6.07. The lowest BCUT2D eigenvalue weighted by atomic mass is 10.0. The number of carbonyl (C=O) groups is 1. The van der Waals surface area contributed by atoms with Crippen molar-refractivity contribution in [1.82, 2.24) is 4.90 Å². The highest BCUT2D eigenvalue weighted by molar-refractivity contribution is 5.69. The standard InChI is InChI=1S/C18H27N3O3/c1-18(2,3)24-17(22)21-10-12-8-20(9-13(12)11-21)14-5-6-15(19)16(7-14)23-4/h5-7,12-13H,8-11,19H2,1-4H3. The molecular formula is C18H27N3O3. The zero-order chi connectivity index (χ0) is 17.5. The van der Waals surface area contributed by atoms with Gasteiger partial charge in [-0.05, 0) is 32.9 Å². The number of rotatable bonds is 2. The van der Waals surface area contributed by atoms with Crippen molar-refractivity contribution < 1.29 is 14.3 Å². The highest BCUT2D eigenvalue weighted by Gasteiger charge is 2.42. The fourth-order valence-corrected chi connectivity index (χ4v) is 3.58. The number of methoxy groups -OCH3 is 1. The first-order valence-electron chi connectivity index (χ1n) is 8.43. The molecule has 0 saturated carbocycles. The second-order valence-corrected chi connectivity index (χ2v) is 7.74. The molecule has 2 unspecified atom stereocenters. The van der Waals surface area contributed by atoms with E-state index in [4.69, 9.17) is 15.2 Å². The van der Waals surface area contributed by atoms with Crippen LogP contribution >= 0.6 is 0 Å². The normalized spacial score (nSPS) is 23.3. The van der Waals surface area contributed by atoms with Crippen molar-refractivity contribution in [3.63, 3.8) is 0 Å². The van der Waals surface area contributed by atoms with Gasteiger partial charge in [-0.25, -0.2) is 4.79 Å². The topological polar surface area (TPSA) is 68.0 Å². The summed E-state index contributed by atoms with van der Waals surface area (Å²) in [5, 5.41) is 0. The van der Waals surface area contributed by atoms with Crippen molar-refractivity contribution in [3.8, 4) is 5.75 Å². The SMILES string of the molecule is COc1cc(N2CC3CN(C(=O)OC(C)(C)C)CC3C2)ccc1N. The van der Waals surface area contributed by atoms with Crippen LogP contribution < -0.4 is 15.4 Å². The minimum Gasteiger partial charge on any atom is -0.495 e. The number of likely N-dealkylation sites (tertiary alicyclic amines) is 1. The number of hydrogen-bond acceptors (Lipinski definition) is 5. The minimum absolute atomic E-state index is 0.197. The van der Waals surface area contributed by atoms with Crippen LogP contribution in [0.15, 0.2) is 18.2 Å². The van der Waals surface area contributed by atoms with E-state index < -0.39 is 5.60 Å². The lowest BCUT2D eigenvalue weighted by Gasteiger charge is -2.26. The van der Waals surface area contributed by atoms with E-state index in [1.807, 2.05) is 43.9 Å². The Morgan fingerprint density at radius 1 is 1.17 bits per heavy atom. The van der Waals surface area contributed by atoms with E-state index in [0.29, 0.717) is 23.3 Å². The summed E-state index contributed by atoms with van der Waals surface area (Å²) < 4.78 is 10.8. The van der Waals surface area contributed by atoms with Crippen molar-refractivity contribution in [2.24, 2.45) is 11.8 Å². The maximum Gasteiger partial charge on any atom is 0.410 e. The number of carbonyl (C=O) groups excluding carboxylic acids is 1. The van der Waals surface area contributed by atoms with Crippen LogP contribution in [0.1, 0.15) is 20.8 Å². The van der Waals surface area contributed by atoms with Crippen molar-refractivity contribution >= 4 is 17.5 Å². The fourth-order valence-electron chi connectivity index (χ4n) is 3.58. The third kappa shape index (κ3) is 3.37. The van der Waals surface area contributed by atoms with Gasteiger partial charge >= 0.3 is 6.09 Å². The van der Waals surface area contributed by atoms with Gasteiger partial charge in [0.2, 0.25) is 0 Å². The molecule has 6 nitrogen and oxygen atoms in total. The first kappa shape index (κ1) is 16.7. The van der Waals surface area contributed by atoms with E-state index in [-0.39, 0.29) is 6.09 Å². The largest absolute Gasteiger partial charge is 0.495 e. The molecule has 1 aromatic rings. The smallest absolute Gasteiger partial charge is 0.410 e. The lowest BCUT2D eigenvalue weighted by molar-refractivity contribution is 0.0282. The molecular weight excluding hydrogens is 306 g/mol. The molecule has 2 atom stereocenters. The maximum absolute atomic E-state index is 12.2. The van der Waals surface area contributed by atoms with Crippen molar-refractivity contribution in [2.75, 3.05) is 43.9 Å². The first-order chi connectivity index (χ1) is 11.3. The van der Waals surface area contributed by atoms with Crippen molar-refractivity contribution in [1.29, 1.82) is 0 Å². The average molecular weight is 333 g/mol. The summed E-state index contributed by atoms with van der Waals surface area (Å²) in [6, 6.07) is 5.90. The van der Waals surface area contributed by atoms with E-state index in [0.717, 1.165) is 31.9 Å². The van der Waals surface area contributed by atoms with Gasteiger partial charge in [0.1, 0.15) is 11.4 Å². The van der Waals surface area contributed by atoms with E-state index in [2.05, 4.69) is 4.90 Å². The predicted molar refractivity (Wildman–Crippen MR) is 94.4 cm³/mol. The van der Waals surface area contributed by atoms with Crippen LogP contribution in [-0.4, -0.2) is 49.9 Å². The van der Waals surface area contributed by atoms with E-state index in [9.17, 15) is 4.79 Å². The zero-order valence-electron chi connectivity index (χ0n) is 14.9. The zero-order valence-corrected chi connectivity index (χ0v) is 14.9. The highest BCUT2D eigenvalue weighted by Crippen LogP contribution is 2.36. The predicted octanol–water partition coefficient (Wildman–Crippen LogP) is 2.58. The molecule has 0 aliphatic carbocycles. The number of benzene rings is 1. The first-order valence-corrected chi connectivity index (χ1v) is 8.43. The van der Waals surface area contributed by atoms with Crippen molar-refractivity contribution in [3.05, 3.63) is 18.2 Å². The third-order valence-electron chi connectivity index (χ3n) is 4.72. The Balaban J connectivity index is 1.62. The number of nitrogens with two attached hydrogens (primary N) is 1. The van der Waals surface area contributed by atoms with Crippen LogP contribution in [0.25, 0.3) is 0 Å². The number of nitrogen functional groups attached to an aromatic ring is 1. The van der Waals surface area contributed by atoms with Gasteiger partial charge in [0.05, 0.1) is 12.8 Å². The maximum atomic E-state index is 12.2. The molecule has 2 fully saturated rings. The Labute approximate surface area is 143 Å². The minimum atomic E-state index is -0.443. The molecule has 2 aliphatic heterocycles. The van der Waals surface area contributed by atoms with E-state index >= 15 is 0 Å². The van der Waals surface area contributed by atoms with Crippen LogP contribution in [0.5, 0.6) is 5.75 Å². The lowest BCUT2D eigenvalue weighted by Crippen LogP contribution is -2.37. The Bertz CT molecular complexity index is 612. The number of ether oxygens (including phenoxy) is 2. The summed E-state index contributed by atoms with van der Waals surface area (Å²) in [6.45, 7) is 9.12. The van der Waals surface area contributed by atoms with Crippen LogP contribution in [0.2, 0.25) is 0 Å². The Hall–Kier alpha value is -2.11. The summed E-state index contributed by atoms with van der Waals surface area (Å²) in [5.41, 5.74) is 7.22. The van der Waals surface area contributed by atoms with Crippen LogP contribution in [-0.2, 0) is 4.74 Å². The molecule has 0 radical (unpaired) electrons. The van der Waals surface area contributed by atoms with Gasteiger partial charge in [0.25, 0.3) is 0 Å². The molecule has 1 amide bonds. The molecule has 0 bridgehead atoms. The molecule has 24 heavy (non-hydrogen) atoms. The van der Waals surface area contributed by atoms with Gasteiger partial charge in [-0.15, -0.1) is 0 Å². The van der Waals surface area contributed by atoms with Gasteiger partial charge in [0, 0.05) is 49.8 Å². The molecule has 1 aromatic carbocycles. The van der Waals surface area contributed by atoms with Crippen LogP contribution in [0, 0.1) is 11.8 Å². The molecule has 6 heteroatoms. The van der Waals surface area contributed by atoms with Crippen LogP contribution in [0.3, 0.4) is 0 Å². The van der Waals surface area contributed by atoms with Crippen molar-refractivity contribution in [2.45, 2.75) is 26.4 Å². The van der Waals surface area contributed by atoms with Crippen LogP contribution in [0.4, 0.5) is 16.2 Å². The second-order valence-electron chi connectivity index (χ2n) is 7.74. The summed E-state index contributed by atoms with van der Waals surface area (Å²) >= 11 is 0. The van der Waals surface area contributed by atoms with Gasteiger partial charge in [-0.3, -0.25) is 0 Å². The van der Waals surface area contributed by atoms with E-state index in [1.54, 1.807) is 7.11 Å². The van der Waals surface area contributed by atoms with Gasteiger partial charge in [0.15, 0.2) is 0 Å². The van der Waals surface area contributed by atoms with Gasteiger partial charge in [-0.1, -0.05) is 0 Å². The van der Waals surface area contributed by atoms with Gasteiger partial charge in [-0.2, -0.15) is 0 Å². The number of amides is 1. The molecule has 3 rings (SSSR count). The molecule has 2 aliphatic rings. The number of anilines is 2. The number of fused-ring (bicyclic) bond motifs is 1. The average Bonchev–Trinajstić information content (AvgIpc) is 3.04. The molecule has 0 spiro atoms. The Kier molecular flexibility index (Phi) is 4.24. The highest BCUT2D eigenvalue weighted by atomic mass is 16.6. The molecule has 2 saturated heterocycles. The summed E-state index contributed by atoms with van der Waals surface area (Å²) in [6.07, 6.45) is -0.197.